The van der Waals surface area contributed by atoms with Crippen LogP contribution in [0.1, 0.15) is 60.1 Å². The molecular weight excluding hydrogens is 813 g/mol. The molecule has 5 aromatic rings. The van der Waals surface area contributed by atoms with Crippen LogP contribution in [0.4, 0.5) is 28.4 Å². The number of carbonyl (C=O) groups excluding carboxylic acids is 3. The summed E-state index contributed by atoms with van der Waals surface area (Å²) < 4.78 is 2.52. The van der Waals surface area contributed by atoms with Gasteiger partial charge < -0.3 is 26.0 Å². The number of aromatic nitrogens is 4. The minimum atomic E-state index is -1.19. The zero-order valence-corrected chi connectivity index (χ0v) is 33.0. The normalized spacial score (nSPS) is 12.4. The van der Waals surface area contributed by atoms with Crippen molar-refractivity contribution in [2.75, 3.05) is 15.6 Å². The second-order valence-corrected chi connectivity index (χ2v) is 14.0. The standard InChI is InChI=1S/C45H32N8O10/c1-24(54)50-38-34(42(58)52(48-38)30-20-16-26(17-21-30)44(60)61)36(46-28-10-5-3-6-11-28)32(40(50)56)14-9-15-33-37(47-29-12-7-4-8-13-29)35-39(51(25(2)55)41(33)57)49-53(43(35)59)31-22-18-27(19-23-31)45(62)63/h3-23,46-47,56H,1-2H3,(H,60,61)(H,62,63). The third-order valence-electron chi connectivity index (χ3n) is 9.96. The summed E-state index contributed by atoms with van der Waals surface area (Å²) >= 11 is 0. The lowest BCUT2D eigenvalue weighted by Crippen LogP contribution is -2.47. The highest BCUT2D eigenvalue weighted by Crippen LogP contribution is 2.39. The third kappa shape index (κ3) is 7.28. The predicted octanol–water partition coefficient (Wildman–Crippen LogP) is 4.90. The number of aromatic hydroxyl groups is 1. The van der Waals surface area contributed by atoms with Gasteiger partial charge in [-0.05, 0) is 84.9 Å². The molecule has 1 aromatic heterocycles. The number of carbonyl (C=O) groups is 5. The van der Waals surface area contributed by atoms with E-state index in [-0.39, 0.29) is 67.1 Å². The molecule has 3 aliphatic heterocycles. The Labute approximate surface area is 354 Å². The van der Waals surface area contributed by atoms with Gasteiger partial charge in [-0.15, -0.1) is 10.2 Å². The number of nitrogens with one attached hydrogen (secondary N) is 2. The third-order valence-corrected chi connectivity index (χ3v) is 9.96. The lowest BCUT2D eigenvalue weighted by Gasteiger charge is -2.19. The highest BCUT2D eigenvalue weighted by Gasteiger charge is 2.34. The number of fused-ring (bicyclic) bond motifs is 2. The van der Waals surface area contributed by atoms with Crippen molar-refractivity contribution in [2.45, 2.75) is 13.8 Å². The highest BCUT2D eigenvalue weighted by atomic mass is 16.4. The maximum atomic E-state index is 14.4. The molecule has 0 aliphatic carbocycles. The Hall–Kier alpha value is -9.19. The molecule has 8 rings (SSSR count). The van der Waals surface area contributed by atoms with Crippen molar-refractivity contribution in [3.63, 3.8) is 0 Å². The average molecular weight is 845 g/mol. The number of hydrogen-bond acceptors (Lipinski definition) is 12. The molecule has 0 spiro atoms. The van der Waals surface area contributed by atoms with E-state index in [9.17, 15) is 48.9 Å². The van der Waals surface area contributed by atoms with E-state index in [4.69, 9.17) is 0 Å². The number of rotatable bonds is 10. The zero-order valence-electron chi connectivity index (χ0n) is 33.0. The summed E-state index contributed by atoms with van der Waals surface area (Å²) in [6, 6.07) is 27.7. The Morgan fingerprint density at radius 1 is 0.635 bits per heavy atom. The Kier molecular flexibility index (Phi) is 10.4. The number of amides is 1. The molecule has 4 aromatic carbocycles. The second kappa shape index (κ2) is 16.1. The zero-order chi connectivity index (χ0) is 44.7. The minimum Gasteiger partial charge on any atom is -0.494 e. The van der Waals surface area contributed by atoms with Crippen molar-refractivity contribution < 1.29 is 39.3 Å². The van der Waals surface area contributed by atoms with Crippen LogP contribution in [0.5, 0.6) is 5.88 Å². The SMILES string of the molecule is CC(=O)n1c2nn(-c3ccc(C(=O)O)cc3)c(=O)c-2c(Nc2ccccc2)c(C=CC=c2c(Nc3ccccc3)c3c(n(C(C)=O)c2=O)=NN(c2ccc(C(=O)O)cc2)C3=O)c1O. The number of aromatic carboxylic acids is 2. The van der Waals surface area contributed by atoms with Gasteiger partial charge in [0, 0.05) is 25.2 Å². The number of para-hydroxylation sites is 2. The first-order chi connectivity index (χ1) is 30.2. The van der Waals surface area contributed by atoms with Crippen LogP contribution in [0.15, 0.2) is 130 Å². The molecule has 18 heteroatoms. The van der Waals surface area contributed by atoms with Crippen molar-refractivity contribution in [2.24, 2.45) is 5.10 Å². The lowest BCUT2D eigenvalue weighted by atomic mass is 10.1. The maximum Gasteiger partial charge on any atom is 0.335 e. The van der Waals surface area contributed by atoms with Crippen LogP contribution in [0.2, 0.25) is 0 Å². The van der Waals surface area contributed by atoms with Crippen LogP contribution < -0.4 is 37.5 Å². The second-order valence-electron chi connectivity index (χ2n) is 14.0. The summed E-state index contributed by atoms with van der Waals surface area (Å²) in [6.45, 7) is 2.27. The maximum absolute atomic E-state index is 14.4. The van der Waals surface area contributed by atoms with Gasteiger partial charge in [0.2, 0.25) is 17.7 Å². The van der Waals surface area contributed by atoms with E-state index < -0.39 is 46.7 Å². The largest absolute Gasteiger partial charge is 0.494 e. The van der Waals surface area contributed by atoms with Gasteiger partial charge in [-0.3, -0.25) is 24.0 Å². The first kappa shape index (κ1) is 40.6. The molecule has 0 saturated heterocycles. The molecule has 312 valence electrons. The highest BCUT2D eigenvalue weighted by molar-refractivity contribution is 6.11. The summed E-state index contributed by atoms with van der Waals surface area (Å²) in [6.07, 6.45) is 3.92. The molecule has 0 fully saturated rings. The Morgan fingerprint density at radius 2 is 1.16 bits per heavy atom. The van der Waals surface area contributed by atoms with E-state index in [1.807, 2.05) is 0 Å². The number of carboxylic acids is 2. The quantitative estimate of drug-likeness (QED) is 0.123. The molecule has 4 heterocycles. The molecule has 0 saturated carbocycles. The predicted molar refractivity (Wildman–Crippen MR) is 230 cm³/mol. The van der Waals surface area contributed by atoms with Crippen molar-refractivity contribution in [1.29, 1.82) is 0 Å². The van der Waals surface area contributed by atoms with Gasteiger partial charge in [0.25, 0.3) is 17.0 Å². The van der Waals surface area contributed by atoms with Crippen molar-refractivity contribution in [1.82, 2.24) is 18.9 Å². The summed E-state index contributed by atoms with van der Waals surface area (Å²) in [5, 5.41) is 46.4. The van der Waals surface area contributed by atoms with E-state index >= 15 is 0 Å². The molecule has 0 bridgehead atoms. The summed E-state index contributed by atoms with van der Waals surface area (Å²) in [5.74, 6) is -5.52. The number of anilines is 5. The topological polar surface area (TPSA) is 248 Å². The van der Waals surface area contributed by atoms with E-state index in [0.29, 0.717) is 11.4 Å². The average Bonchev–Trinajstić information content (AvgIpc) is 3.78. The number of nitrogens with zero attached hydrogens (tertiary/aromatic N) is 6. The van der Waals surface area contributed by atoms with E-state index in [2.05, 4.69) is 20.8 Å². The monoisotopic (exact) mass is 844 g/mol. The molecular formula is C45H32N8O10. The van der Waals surface area contributed by atoms with Crippen LogP contribution in [0.25, 0.3) is 29.2 Å². The van der Waals surface area contributed by atoms with Crippen LogP contribution in [0.3, 0.4) is 0 Å². The molecule has 0 unspecified atom stereocenters. The van der Waals surface area contributed by atoms with E-state index in [1.54, 1.807) is 60.7 Å². The first-order valence-corrected chi connectivity index (χ1v) is 18.9. The first-order valence-electron chi connectivity index (χ1n) is 18.9. The van der Waals surface area contributed by atoms with Gasteiger partial charge in [-0.1, -0.05) is 42.5 Å². The lowest BCUT2D eigenvalue weighted by molar-refractivity contribution is 0.0686. The fraction of sp³-hybridized carbons (Fsp3) is 0.0444. The number of carboxylic acid groups (broad SMARTS) is 2. The number of hydrogen-bond donors (Lipinski definition) is 5. The number of pyridine rings is 2. The van der Waals surface area contributed by atoms with Gasteiger partial charge in [0.05, 0.1) is 44.7 Å². The Bertz CT molecular complexity index is 3300. The Balaban J connectivity index is 1.36. The smallest absolute Gasteiger partial charge is 0.335 e. The van der Waals surface area contributed by atoms with Crippen LogP contribution >= 0.6 is 0 Å². The molecule has 18 nitrogen and oxygen atoms in total. The van der Waals surface area contributed by atoms with Gasteiger partial charge in [-0.25, -0.2) is 18.7 Å². The fourth-order valence-electron chi connectivity index (χ4n) is 7.03. The molecule has 0 radical (unpaired) electrons. The molecule has 1 amide bonds. The Morgan fingerprint density at radius 3 is 1.68 bits per heavy atom. The van der Waals surface area contributed by atoms with Gasteiger partial charge >= 0.3 is 11.9 Å². The van der Waals surface area contributed by atoms with Gasteiger partial charge in [-0.2, -0.15) is 9.69 Å². The fourth-order valence-corrected chi connectivity index (χ4v) is 7.03. The van der Waals surface area contributed by atoms with E-state index in [1.165, 1.54) is 66.8 Å². The van der Waals surface area contributed by atoms with Crippen molar-refractivity contribution in [3.8, 4) is 23.0 Å². The summed E-state index contributed by atoms with van der Waals surface area (Å²) in [4.78, 5) is 92.5. The number of benzene rings is 4. The van der Waals surface area contributed by atoms with Crippen LogP contribution in [-0.2, 0) is 0 Å². The van der Waals surface area contributed by atoms with E-state index in [0.717, 1.165) is 32.7 Å². The van der Waals surface area contributed by atoms with Gasteiger partial charge in [0.15, 0.2) is 11.3 Å². The molecule has 63 heavy (non-hydrogen) atoms. The summed E-state index contributed by atoms with van der Waals surface area (Å²) in [5.41, 5.74) is -1.20. The van der Waals surface area contributed by atoms with Crippen LogP contribution in [0, 0.1) is 0 Å². The van der Waals surface area contributed by atoms with Crippen LogP contribution in [-0.4, -0.2) is 63.9 Å². The summed E-state index contributed by atoms with van der Waals surface area (Å²) in [7, 11) is 0. The number of allylic oxidation sites excluding steroid dienone is 1. The van der Waals surface area contributed by atoms with Crippen molar-refractivity contribution >= 4 is 70.2 Å². The molecule has 3 aliphatic rings. The minimum absolute atomic E-state index is 0.00512. The molecule has 5 N–H and O–H groups in total. The molecule has 0 atom stereocenters. The van der Waals surface area contributed by atoms with Gasteiger partial charge in [0.1, 0.15) is 11.1 Å². The van der Waals surface area contributed by atoms with Crippen molar-refractivity contribution in [3.05, 3.63) is 169 Å².